The van der Waals surface area contributed by atoms with Gasteiger partial charge in [-0.15, -0.1) is 0 Å². The van der Waals surface area contributed by atoms with Crippen molar-refractivity contribution >= 4 is 0 Å². The molecule has 3 aromatic carbocycles. The molecule has 0 amide bonds. The molecule has 1 N–H and O–H groups in total. The van der Waals surface area contributed by atoms with E-state index in [1.807, 2.05) is 30.3 Å². The predicted molar refractivity (Wildman–Crippen MR) is 117 cm³/mol. The largest absolute Gasteiger partial charge is 0.493 e. The van der Waals surface area contributed by atoms with Gasteiger partial charge in [-0.05, 0) is 34.4 Å². The van der Waals surface area contributed by atoms with E-state index in [0.29, 0.717) is 11.6 Å². The standard InChI is InChI=1S/C25H18N4O/c30-24-17-23(28-29(24)25-26-14-5-15-27-25)20-12-10-19(11-13-20)22-9-4-8-21(16-22)18-6-2-1-3-7-18/h1-17,30H. The Morgan fingerprint density at radius 1 is 0.567 bits per heavy atom. The van der Waals surface area contributed by atoms with Crippen LogP contribution in [0.15, 0.2) is 103 Å². The molecule has 2 aromatic heterocycles. The van der Waals surface area contributed by atoms with Gasteiger partial charge in [0.1, 0.15) is 0 Å². The molecule has 30 heavy (non-hydrogen) atoms. The predicted octanol–water partition coefficient (Wildman–Crippen LogP) is 5.37. The number of aromatic nitrogens is 4. The van der Waals surface area contributed by atoms with E-state index in [9.17, 15) is 5.11 Å². The van der Waals surface area contributed by atoms with Crippen LogP contribution in [0.5, 0.6) is 5.88 Å². The fourth-order valence-corrected chi connectivity index (χ4v) is 3.40. The first-order chi connectivity index (χ1) is 14.8. The van der Waals surface area contributed by atoms with E-state index < -0.39 is 0 Å². The molecule has 144 valence electrons. The maximum atomic E-state index is 10.2. The number of nitrogens with zero attached hydrogens (tertiary/aromatic N) is 4. The van der Waals surface area contributed by atoms with Crippen molar-refractivity contribution in [3.05, 3.63) is 103 Å². The second kappa shape index (κ2) is 7.64. The van der Waals surface area contributed by atoms with Gasteiger partial charge >= 0.3 is 0 Å². The van der Waals surface area contributed by atoms with Crippen molar-refractivity contribution in [1.29, 1.82) is 0 Å². The summed E-state index contributed by atoms with van der Waals surface area (Å²) < 4.78 is 1.33. The summed E-state index contributed by atoms with van der Waals surface area (Å²) in [5.74, 6) is 0.325. The molecule has 0 saturated heterocycles. The summed E-state index contributed by atoms with van der Waals surface area (Å²) in [6.07, 6.45) is 3.23. The number of hydrogen-bond donors (Lipinski definition) is 1. The lowest BCUT2D eigenvalue weighted by atomic mass is 9.98. The SMILES string of the molecule is Oc1cc(-c2ccc(-c3cccc(-c4ccccc4)c3)cc2)nn1-c1ncccn1. The molecule has 5 nitrogen and oxygen atoms in total. The number of rotatable bonds is 4. The molecule has 0 bridgehead atoms. The van der Waals surface area contributed by atoms with Gasteiger partial charge in [-0.3, -0.25) is 0 Å². The van der Waals surface area contributed by atoms with Crippen LogP contribution in [0.25, 0.3) is 39.5 Å². The molecule has 5 heteroatoms. The summed E-state index contributed by atoms with van der Waals surface area (Å²) in [5.41, 5.74) is 6.21. The van der Waals surface area contributed by atoms with Gasteiger partial charge in [0.15, 0.2) is 0 Å². The Bertz CT molecular complexity index is 1280. The first kappa shape index (κ1) is 17.8. The zero-order chi connectivity index (χ0) is 20.3. The van der Waals surface area contributed by atoms with E-state index in [0.717, 1.165) is 16.7 Å². The highest BCUT2D eigenvalue weighted by atomic mass is 16.3. The summed E-state index contributed by atoms with van der Waals surface area (Å²) in [6, 6.07) is 30.3. The second-order valence-corrected chi connectivity index (χ2v) is 6.87. The monoisotopic (exact) mass is 390 g/mol. The van der Waals surface area contributed by atoms with E-state index >= 15 is 0 Å². The van der Waals surface area contributed by atoms with Gasteiger partial charge in [-0.1, -0.05) is 72.8 Å². The van der Waals surface area contributed by atoms with Crippen LogP contribution in [0, 0.1) is 0 Å². The molecule has 0 atom stereocenters. The Labute approximate surface area is 174 Å². The molecule has 0 aliphatic heterocycles. The average molecular weight is 390 g/mol. The first-order valence-corrected chi connectivity index (χ1v) is 9.61. The second-order valence-electron chi connectivity index (χ2n) is 6.87. The van der Waals surface area contributed by atoms with Crippen molar-refractivity contribution < 1.29 is 5.11 Å². The van der Waals surface area contributed by atoms with Crippen molar-refractivity contribution in [3.63, 3.8) is 0 Å². The average Bonchev–Trinajstić information content (AvgIpc) is 3.22. The van der Waals surface area contributed by atoms with Gasteiger partial charge in [-0.2, -0.15) is 9.78 Å². The molecule has 0 unspecified atom stereocenters. The van der Waals surface area contributed by atoms with Crippen LogP contribution in [0.4, 0.5) is 0 Å². The van der Waals surface area contributed by atoms with Crippen molar-refractivity contribution in [2.45, 2.75) is 0 Å². The minimum Gasteiger partial charge on any atom is -0.493 e. The maximum Gasteiger partial charge on any atom is 0.253 e. The van der Waals surface area contributed by atoms with Gasteiger partial charge in [0.25, 0.3) is 5.95 Å². The minimum atomic E-state index is -0.00385. The van der Waals surface area contributed by atoms with E-state index in [2.05, 4.69) is 63.6 Å². The van der Waals surface area contributed by atoms with Gasteiger partial charge in [0, 0.05) is 24.0 Å². The Kier molecular flexibility index (Phi) is 4.54. The number of benzene rings is 3. The van der Waals surface area contributed by atoms with Crippen molar-refractivity contribution in [2.24, 2.45) is 0 Å². The van der Waals surface area contributed by atoms with Crippen molar-refractivity contribution in [2.75, 3.05) is 0 Å². The maximum absolute atomic E-state index is 10.2. The van der Waals surface area contributed by atoms with E-state index in [4.69, 9.17) is 0 Å². The van der Waals surface area contributed by atoms with Gasteiger partial charge < -0.3 is 5.11 Å². The lowest BCUT2D eigenvalue weighted by Crippen LogP contribution is -2.01. The molecular formula is C25H18N4O. The third-order valence-corrected chi connectivity index (χ3v) is 4.92. The van der Waals surface area contributed by atoms with E-state index in [1.54, 1.807) is 24.5 Å². The highest BCUT2D eigenvalue weighted by Crippen LogP contribution is 2.29. The van der Waals surface area contributed by atoms with Crippen LogP contribution in [-0.4, -0.2) is 24.9 Å². The molecule has 5 rings (SSSR count). The summed E-state index contributed by atoms with van der Waals surface area (Å²) in [7, 11) is 0. The van der Waals surface area contributed by atoms with Gasteiger partial charge in [0.05, 0.1) is 5.69 Å². The van der Waals surface area contributed by atoms with Gasteiger partial charge in [-0.25, -0.2) is 9.97 Å². The van der Waals surface area contributed by atoms with Crippen LogP contribution < -0.4 is 0 Å². The molecule has 0 spiro atoms. The van der Waals surface area contributed by atoms with Crippen molar-refractivity contribution in [3.8, 4) is 45.3 Å². The normalized spacial score (nSPS) is 10.8. The topological polar surface area (TPSA) is 63.8 Å². The molecule has 0 fully saturated rings. The molecular weight excluding hydrogens is 372 g/mol. The Hall–Kier alpha value is -4.25. The van der Waals surface area contributed by atoms with Crippen molar-refractivity contribution in [1.82, 2.24) is 19.7 Å². The van der Waals surface area contributed by atoms with Crippen LogP contribution in [0.2, 0.25) is 0 Å². The Morgan fingerprint density at radius 2 is 1.17 bits per heavy atom. The lowest BCUT2D eigenvalue weighted by molar-refractivity contribution is 0.430. The summed E-state index contributed by atoms with van der Waals surface area (Å²) in [5, 5.41) is 14.7. The molecule has 5 aromatic rings. The fourth-order valence-electron chi connectivity index (χ4n) is 3.40. The van der Waals surface area contributed by atoms with E-state index in [1.165, 1.54) is 15.8 Å². The smallest absolute Gasteiger partial charge is 0.253 e. The highest BCUT2D eigenvalue weighted by Gasteiger charge is 2.12. The van der Waals surface area contributed by atoms with E-state index in [-0.39, 0.29) is 5.88 Å². The fraction of sp³-hybridized carbons (Fsp3) is 0. The van der Waals surface area contributed by atoms with Crippen LogP contribution >= 0.6 is 0 Å². The highest BCUT2D eigenvalue weighted by molar-refractivity contribution is 5.74. The van der Waals surface area contributed by atoms with Crippen LogP contribution in [0.3, 0.4) is 0 Å². The summed E-state index contributed by atoms with van der Waals surface area (Å²) >= 11 is 0. The van der Waals surface area contributed by atoms with Crippen LogP contribution in [-0.2, 0) is 0 Å². The summed E-state index contributed by atoms with van der Waals surface area (Å²) in [4.78, 5) is 8.27. The number of hydrogen-bond acceptors (Lipinski definition) is 4. The number of aromatic hydroxyl groups is 1. The third-order valence-electron chi connectivity index (χ3n) is 4.92. The lowest BCUT2D eigenvalue weighted by Gasteiger charge is -2.07. The quantitative estimate of drug-likeness (QED) is 0.448. The molecule has 2 heterocycles. The third kappa shape index (κ3) is 3.44. The Morgan fingerprint density at radius 3 is 1.87 bits per heavy atom. The van der Waals surface area contributed by atoms with Gasteiger partial charge in [0.2, 0.25) is 5.88 Å². The minimum absolute atomic E-state index is 0.00385. The molecule has 0 radical (unpaired) electrons. The molecule has 0 aliphatic carbocycles. The first-order valence-electron chi connectivity index (χ1n) is 9.61. The Balaban J connectivity index is 1.45. The molecule has 0 aliphatic rings. The zero-order valence-corrected chi connectivity index (χ0v) is 16.1. The van der Waals surface area contributed by atoms with Crippen LogP contribution in [0.1, 0.15) is 0 Å². The summed E-state index contributed by atoms with van der Waals surface area (Å²) in [6.45, 7) is 0. The zero-order valence-electron chi connectivity index (χ0n) is 16.1. The molecule has 0 saturated carbocycles.